The number of aliphatic hydroxyl groups is 1. The highest BCUT2D eigenvalue weighted by molar-refractivity contribution is 7.13. The minimum absolute atomic E-state index is 0.0220. The van der Waals surface area contributed by atoms with E-state index >= 15 is 4.39 Å². The van der Waals surface area contributed by atoms with Crippen LogP contribution in [0.15, 0.2) is 77.0 Å². The van der Waals surface area contributed by atoms with E-state index in [9.17, 15) is 19.8 Å². The van der Waals surface area contributed by atoms with Gasteiger partial charge in [-0.25, -0.2) is 9.97 Å². The molecule has 1 aliphatic carbocycles. The van der Waals surface area contributed by atoms with Gasteiger partial charge >= 0.3 is 0 Å². The summed E-state index contributed by atoms with van der Waals surface area (Å²) in [7, 11) is 0. The Morgan fingerprint density at radius 3 is 2.42 bits per heavy atom. The van der Waals surface area contributed by atoms with Gasteiger partial charge in [0.15, 0.2) is 11.6 Å². The number of hydrogen-bond acceptors (Lipinski definition) is 19. The number of halogens is 1. The molecule has 2 amide bonds. The molecule has 5 fully saturated rings. The number of phenols is 1. The van der Waals surface area contributed by atoms with E-state index in [1.54, 1.807) is 37.7 Å². The number of aliphatic hydroxyl groups excluding tert-OH is 1. The van der Waals surface area contributed by atoms with E-state index in [1.165, 1.54) is 16.2 Å². The number of ether oxygens (including phenoxy) is 3. The Kier molecular flexibility index (Phi) is 15.5. The minimum Gasteiger partial charge on any atom is -0.507 e. The van der Waals surface area contributed by atoms with E-state index in [2.05, 4.69) is 62.5 Å². The Hall–Kier alpha value is -7.01. The highest BCUT2D eigenvalue weighted by Gasteiger charge is 2.46. The number of likely N-dealkylation sites (tertiary alicyclic amines) is 2. The second-order valence-electron chi connectivity index (χ2n) is 21.7. The third kappa shape index (κ3) is 11.2. The lowest BCUT2D eigenvalue weighted by Crippen LogP contribution is -2.54. The van der Waals surface area contributed by atoms with Crippen LogP contribution >= 0.6 is 11.3 Å². The van der Waals surface area contributed by atoms with Gasteiger partial charge in [-0.1, -0.05) is 32.0 Å². The number of carbonyl (C=O) groups excluding carboxylic acids is 2. The number of aromatic hydroxyl groups is 1. The van der Waals surface area contributed by atoms with Gasteiger partial charge in [-0.05, 0) is 86.5 Å². The van der Waals surface area contributed by atoms with Gasteiger partial charge in [-0.2, -0.15) is 4.39 Å². The average Bonchev–Trinajstić information content (AvgIpc) is 4.26. The first-order valence-corrected chi connectivity index (χ1v) is 28.0. The first-order valence-electron chi connectivity index (χ1n) is 27.1. The lowest BCUT2D eigenvalue weighted by molar-refractivity contribution is -0.141. The fraction of sp³-hybridized carbons (Fsp3) is 0.500. The van der Waals surface area contributed by atoms with Gasteiger partial charge in [-0.3, -0.25) is 19.5 Å². The molecule has 1 aromatic carbocycles. The highest BCUT2D eigenvalue weighted by atomic mass is 32.1. The molecule has 78 heavy (non-hydrogen) atoms. The molecule has 11 rings (SSSR count). The number of carbonyl (C=O) groups is 2. The zero-order valence-corrected chi connectivity index (χ0v) is 45.1. The number of hydrogen-bond donors (Lipinski definition) is 4. The van der Waals surface area contributed by atoms with E-state index in [4.69, 9.17) is 24.5 Å². The van der Waals surface area contributed by atoms with E-state index in [1.807, 2.05) is 50.4 Å². The Morgan fingerprint density at radius 1 is 0.923 bits per heavy atom. The van der Waals surface area contributed by atoms with Crippen LogP contribution in [0.25, 0.3) is 21.8 Å². The number of para-hydroxylation sites is 1. The van der Waals surface area contributed by atoms with Crippen LogP contribution < -0.4 is 30.3 Å². The van der Waals surface area contributed by atoms with Crippen LogP contribution in [0, 0.1) is 18.7 Å². The maximum absolute atomic E-state index is 16.1. The van der Waals surface area contributed by atoms with Gasteiger partial charge in [0, 0.05) is 100 Å². The summed E-state index contributed by atoms with van der Waals surface area (Å²) < 4.78 is 40.3. The number of fused-ring (bicyclic) bond motifs is 2. The van der Waals surface area contributed by atoms with Crippen LogP contribution in [0.5, 0.6) is 17.5 Å². The number of rotatable bonds is 18. The van der Waals surface area contributed by atoms with Gasteiger partial charge in [0.25, 0.3) is 5.88 Å². The molecule has 0 radical (unpaired) electrons. The van der Waals surface area contributed by atoms with E-state index in [0.717, 1.165) is 97.9 Å². The van der Waals surface area contributed by atoms with Gasteiger partial charge in [0.2, 0.25) is 23.5 Å². The molecule has 5 N–H and O–H groups in total. The molecule has 0 spiro atoms. The highest BCUT2D eigenvalue weighted by Crippen LogP contribution is 2.41. The number of aromatic nitrogens is 6. The molecule has 2 bridgehead atoms. The van der Waals surface area contributed by atoms with Gasteiger partial charge in [0.05, 0.1) is 57.5 Å². The fourth-order valence-electron chi connectivity index (χ4n) is 11.8. The molecule has 2 unspecified atom stereocenters. The Labute approximate surface area is 456 Å². The summed E-state index contributed by atoms with van der Waals surface area (Å²) in [5.41, 5.74) is 13.7. The minimum atomic E-state index is -1.11. The molecular formula is C56H67FN12O8S. The van der Waals surface area contributed by atoms with Crippen molar-refractivity contribution in [1.29, 1.82) is 0 Å². The standard InChI is InChI=1S/C56H67FN12O8S/c1-31(2)49(56(73)68-29-38(70)22-46(68)54(72)62-32(3)34-9-12-43(60-26-34)52-33(4)61-30-78-52)51-50(57)55(65-77-51)74-20-19-66-17-14-39(15-18-66)75-40-23-41(24-40)76-48-21-35(13-16-59-48)69-36-10-11-37(69)28-67(27-36)45-25-44(63-64-53(45)58)42-7-5-6-8-47(42)71/h5-9,12-13,16,21,25-26,30-32,36-41,46,49,70-71H,10-11,14-15,17-20,22-24,27-29H2,1-4H3,(H2,58,64)(H,62,72)/t32-,36?,37?,38+,40-,41-,46-,49-/m0/s1. The molecule has 6 atom stereocenters. The van der Waals surface area contributed by atoms with Crippen molar-refractivity contribution in [1.82, 2.24) is 45.4 Å². The van der Waals surface area contributed by atoms with Crippen LogP contribution in [-0.2, 0) is 14.3 Å². The lowest BCUT2D eigenvalue weighted by atomic mass is 9.91. The molecule has 6 aromatic rings. The number of piperazine rings is 1. The number of piperidine rings is 1. The Morgan fingerprint density at radius 2 is 1.71 bits per heavy atom. The molecule has 1 saturated carbocycles. The van der Waals surface area contributed by atoms with Gasteiger partial charge in [0.1, 0.15) is 30.4 Å². The number of thiazole rings is 1. The number of β-amino-alcohol motifs (C(OH)–C–C–N with tert-alkyl or cyclic N) is 1. The fourth-order valence-corrected chi connectivity index (χ4v) is 12.6. The number of aryl methyl sites for hydroxylation is 1. The van der Waals surface area contributed by atoms with Crippen molar-refractivity contribution in [2.45, 2.75) is 127 Å². The molecule has 22 heteroatoms. The number of amides is 2. The zero-order chi connectivity index (χ0) is 54.2. The number of anilines is 3. The number of nitrogens with zero attached hydrogens (tertiary/aromatic N) is 10. The Balaban J connectivity index is 0.610. The van der Waals surface area contributed by atoms with Crippen molar-refractivity contribution in [3.8, 4) is 39.3 Å². The van der Waals surface area contributed by atoms with Crippen molar-refractivity contribution < 1.29 is 42.9 Å². The van der Waals surface area contributed by atoms with Gasteiger partial charge in [-0.15, -0.1) is 21.5 Å². The predicted octanol–water partition coefficient (Wildman–Crippen LogP) is 6.69. The SMILES string of the molecule is Cc1ncsc1-c1ccc([C@H](C)NC(=O)[C@@H]2C[C@@H](O)CN2C(=O)[C@H](c2onc(OCCN3CCC(O[C@H]4C[C@H](Oc5cc(N6C7CCC6CN(c6cc(-c8ccccc8O)nnc6N)C7)ccn5)C4)CC3)c2F)C(C)C)cn1. The molecule has 9 heterocycles. The molecule has 4 saturated heterocycles. The summed E-state index contributed by atoms with van der Waals surface area (Å²) in [6.45, 7) is 11.0. The lowest BCUT2D eigenvalue weighted by Gasteiger charge is -2.43. The monoisotopic (exact) mass is 1090 g/mol. The van der Waals surface area contributed by atoms with Crippen LogP contribution in [0.1, 0.15) is 94.7 Å². The number of nitrogens with two attached hydrogens (primary N) is 1. The van der Waals surface area contributed by atoms with Crippen molar-refractivity contribution in [2.75, 3.05) is 61.4 Å². The number of pyridine rings is 2. The van der Waals surface area contributed by atoms with Crippen molar-refractivity contribution in [3.05, 3.63) is 95.3 Å². The Bertz CT molecular complexity index is 3060. The summed E-state index contributed by atoms with van der Waals surface area (Å²) in [6.07, 6.45) is 8.29. The first kappa shape index (κ1) is 53.0. The zero-order valence-electron chi connectivity index (χ0n) is 44.3. The second kappa shape index (κ2) is 22.8. The molecule has 20 nitrogen and oxygen atoms in total. The molecule has 5 aliphatic rings. The van der Waals surface area contributed by atoms with E-state index in [0.29, 0.717) is 29.5 Å². The van der Waals surface area contributed by atoms with E-state index in [-0.39, 0.29) is 67.4 Å². The maximum Gasteiger partial charge on any atom is 0.291 e. The van der Waals surface area contributed by atoms with Crippen LogP contribution in [0.2, 0.25) is 0 Å². The van der Waals surface area contributed by atoms with Crippen LogP contribution in [-0.4, -0.2) is 151 Å². The predicted molar refractivity (Wildman–Crippen MR) is 290 cm³/mol. The molecule has 4 aliphatic heterocycles. The summed E-state index contributed by atoms with van der Waals surface area (Å²) in [6, 6.07) is 16.0. The second-order valence-corrected chi connectivity index (χ2v) is 22.5. The summed E-state index contributed by atoms with van der Waals surface area (Å²) in [4.78, 5) is 50.7. The van der Waals surface area contributed by atoms with Crippen LogP contribution in [0.3, 0.4) is 0 Å². The molecule has 5 aromatic heterocycles. The maximum atomic E-state index is 16.1. The quantitative estimate of drug-likeness (QED) is 0.0701. The van der Waals surface area contributed by atoms with Gasteiger partial charge < -0.3 is 54.7 Å². The first-order chi connectivity index (χ1) is 37.7. The van der Waals surface area contributed by atoms with Crippen molar-refractivity contribution in [2.24, 2.45) is 5.92 Å². The third-order valence-electron chi connectivity index (χ3n) is 16.1. The smallest absolute Gasteiger partial charge is 0.291 e. The molecule has 412 valence electrons. The number of benzene rings is 1. The normalized spacial score (nSPS) is 23.3. The number of nitrogen functional groups attached to an aromatic ring is 1. The largest absolute Gasteiger partial charge is 0.507 e. The third-order valence-corrected chi connectivity index (χ3v) is 17.0. The summed E-state index contributed by atoms with van der Waals surface area (Å²) >= 11 is 1.51. The van der Waals surface area contributed by atoms with Crippen molar-refractivity contribution in [3.63, 3.8) is 0 Å². The number of phenolic OH excluding ortho intramolecular Hbond substituents is 1. The molecular weight excluding hydrogens is 1020 g/mol. The summed E-state index contributed by atoms with van der Waals surface area (Å²) in [5.74, 6) is -2.82. The van der Waals surface area contributed by atoms with Crippen molar-refractivity contribution >= 4 is 40.3 Å². The summed E-state index contributed by atoms with van der Waals surface area (Å²) in [5, 5.41) is 36.6. The van der Waals surface area contributed by atoms with Crippen LogP contribution in [0.4, 0.5) is 21.6 Å². The average molecular weight is 1090 g/mol. The number of nitrogens with one attached hydrogen (secondary N) is 1. The van der Waals surface area contributed by atoms with E-state index < -0.39 is 47.7 Å². The topological polar surface area (TPSA) is 244 Å².